The zero-order valence-corrected chi connectivity index (χ0v) is 16.7. The Hall–Kier alpha value is -3.40. The lowest BCUT2D eigenvalue weighted by atomic mass is 10.1. The van der Waals surface area contributed by atoms with Crippen LogP contribution in [0.25, 0.3) is 11.3 Å². The smallest absolute Gasteiger partial charge is 0.222 e. The highest BCUT2D eigenvalue weighted by Crippen LogP contribution is 2.30. The number of anilines is 3. The predicted molar refractivity (Wildman–Crippen MR) is 107 cm³/mol. The second-order valence-corrected chi connectivity index (χ2v) is 8.39. The molecule has 0 bridgehead atoms. The Kier molecular flexibility index (Phi) is 5.55. The van der Waals surface area contributed by atoms with Crippen molar-refractivity contribution in [2.24, 2.45) is 0 Å². The number of hydrogen-bond donors (Lipinski definition) is 2. The first-order valence-corrected chi connectivity index (χ1v) is 10.4. The van der Waals surface area contributed by atoms with Gasteiger partial charge in [0, 0.05) is 31.0 Å². The van der Waals surface area contributed by atoms with Crippen LogP contribution in [0.2, 0.25) is 0 Å². The van der Waals surface area contributed by atoms with E-state index < -0.39 is 15.7 Å². The van der Waals surface area contributed by atoms with Gasteiger partial charge in [-0.2, -0.15) is 0 Å². The first-order valence-electron chi connectivity index (χ1n) is 8.47. The van der Waals surface area contributed by atoms with Crippen LogP contribution in [-0.2, 0) is 14.6 Å². The van der Waals surface area contributed by atoms with Gasteiger partial charge in [-0.1, -0.05) is 0 Å². The van der Waals surface area contributed by atoms with E-state index in [0.717, 1.165) is 12.5 Å². The van der Waals surface area contributed by atoms with E-state index in [1.165, 1.54) is 31.3 Å². The Labute approximate surface area is 167 Å². The van der Waals surface area contributed by atoms with E-state index in [1.54, 1.807) is 19.1 Å². The first kappa shape index (κ1) is 20.3. The summed E-state index contributed by atoms with van der Waals surface area (Å²) in [7, 11) is -3.51. The molecule has 0 atom stereocenters. The van der Waals surface area contributed by atoms with Crippen molar-refractivity contribution in [2.75, 3.05) is 16.9 Å². The fourth-order valence-electron chi connectivity index (χ4n) is 2.57. The van der Waals surface area contributed by atoms with Crippen molar-refractivity contribution >= 4 is 33.1 Å². The van der Waals surface area contributed by atoms with Gasteiger partial charge in [0.25, 0.3) is 0 Å². The summed E-state index contributed by atoms with van der Waals surface area (Å²) in [6, 6.07) is 7.46. The lowest BCUT2D eigenvalue weighted by molar-refractivity contribution is -0.114. The van der Waals surface area contributed by atoms with Crippen LogP contribution >= 0.6 is 0 Å². The van der Waals surface area contributed by atoms with E-state index in [4.69, 9.17) is 0 Å². The molecule has 0 unspecified atom stereocenters. The van der Waals surface area contributed by atoms with Crippen molar-refractivity contribution in [3.63, 3.8) is 0 Å². The minimum atomic E-state index is -3.51. The summed E-state index contributed by atoms with van der Waals surface area (Å²) in [5.74, 6) is -0.219. The summed E-state index contributed by atoms with van der Waals surface area (Å²) in [5, 5.41) is 5.56. The number of amides is 1. The standard InChI is InChI=1S/C19H18FN5O3S/c1-11-6-18(25-19(7-11)29(3,27)28)24-16-8-17(23-12(2)26)22-10-14(16)15-5-4-13(20)9-21-15/h4-10H,1-3H3,(H2,22,23,24,25,26). The summed E-state index contributed by atoms with van der Waals surface area (Å²) in [4.78, 5) is 23.8. The molecule has 150 valence electrons. The number of pyridine rings is 3. The quantitative estimate of drug-likeness (QED) is 0.658. The molecule has 0 aliphatic carbocycles. The second kappa shape index (κ2) is 7.92. The molecule has 0 aromatic carbocycles. The van der Waals surface area contributed by atoms with Gasteiger partial charge in [0.05, 0.1) is 17.6 Å². The molecule has 0 aliphatic rings. The minimum Gasteiger partial charge on any atom is -0.339 e. The predicted octanol–water partition coefficient (Wildman–Crippen LogP) is 3.09. The lowest BCUT2D eigenvalue weighted by Gasteiger charge is -2.14. The van der Waals surface area contributed by atoms with E-state index in [1.807, 2.05) is 0 Å². The van der Waals surface area contributed by atoms with Gasteiger partial charge in [0.1, 0.15) is 17.5 Å². The van der Waals surface area contributed by atoms with Gasteiger partial charge < -0.3 is 10.6 Å². The highest BCUT2D eigenvalue weighted by Gasteiger charge is 2.14. The van der Waals surface area contributed by atoms with Gasteiger partial charge in [0.15, 0.2) is 14.9 Å². The number of sulfone groups is 1. The zero-order chi connectivity index (χ0) is 21.2. The Balaban J connectivity index is 2.10. The van der Waals surface area contributed by atoms with Gasteiger partial charge in [-0.25, -0.2) is 22.8 Å². The summed E-state index contributed by atoms with van der Waals surface area (Å²) in [6.45, 7) is 3.10. The Morgan fingerprint density at radius 1 is 1.07 bits per heavy atom. The number of halogens is 1. The molecular weight excluding hydrogens is 397 g/mol. The Morgan fingerprint density at radius 3 is 2.45 bits per heavy atom. The number of rotatable bonds is 5. The fraction of sp³-hybridized carbons (Fsp3) is 0.158. The number of nitrogens with one attached hydrogen (secondary N) is 2. The molecule has 0 radical (unpaired) electrons. The summed E-state index contributed by atoms with van der Waals surface area (Å²) < 4.78 is 37.0. The van der Waals surface area contributed by atoms with Crippen molar-refractivity contribution in [3.8, 4) is 11.3 Å². The van der Waals surface area contributed by atoms with Crippen molar-refractivity contribution in [1.29, 1.82) is 0 Å². The van der Waals surface area contributed by atoms with Gasteiger partial charge in [-0.15, -0.1) is 0 Å². The highest BCUT2D eigenvalue weighted by molar-refractivity contribution is 7.90. The van der Waals surface area contributed by atoms with Crippen molar-refractivity contribution in [3.05, 3.63) is 54.1 Å². The molecule has 29 heavy (non-hydrogen) atoms. The molecule has 0 aliphatic heterocycles. The van der Waals surface area contributed by atoms with Crippen LogP contribution in [0.3, 0.4) is 0 Å². The maximum absolute atomic E-state index is 13.2. The Bertz CT molecular complexity index is 1180. The summed E-state index contributed by atoms with van der Waals surface area (Å²) >= 11 is 0. The van der Waals surface area contributed by atoms with Gasteiger partial charge >= 0.3 is 0 Å². The molecule has 0 saturated heterocycles. The number of carbonyl (C=O) groups is 1. The molecule has 8 nitrogen and oxygen atoms in total. The third-order valence-corrected chi connectivity index (χ3v) is 4.77. The normalized spacial score (nSPS) is 11.2. The van der Waals surface area contributed by atoms with Crippen LogP contribution in [-0.4, -0.2) is 35.5 Å². The second-order valence-electron chi connectivity index (χ2n) is 6.42. The van der Waals surface area contributed by atoms with E-state index in [-0.39, 0.29) is 22.6 Å². The number of aromatic nitrogens is 3. The highest BCUT2D eigenvalue weighted by atomic mass is 32.2. The van der Waals surface area contributed by atoms with E-state index in [0.29, 0.717) is 22.5 Å². The average molecular weight is 415 g/mol. The van der Waals surface area contributed by atoms with Gasteiger partial charge in [0.2, 0.25) is 5.91 Å². The van der Waals surface area contributed by atoms with E-state index >= 15 is 0 Å². The summed E-state index contributed by atoms with van der Waals surface area (Å²) in [5.41, 5.74) is 2.11. The number of aryl methyl sites for hydroxylation is 1. The number of nitrogens with zero attached hydrogens (tertiary/aromatic N) is 3. The van der Waals surface area contributed by atoms with Crippen LogP contribution in [0, 0.1) is 12.7 Å². The van der Waals surface area contributed by atoms with Crippen molar-refractivity contribution in [1.82, 2.24) is 15.0 Å². The molecule has 1 amide bonds. The third-order valence-electron chi connectivity index (χ3n) is 3.80. The molecule has 3 rings (SSSR count). The third kappa shape index (κ3) is 5.11. The van der Waals surface area contributed by atoms with Crippen molar-refractivity contribution < 1.29 is 17.6 Å². The van der Waals surface area contributed by atoms with Crippen LogP contribution in [0.5, 0.6) is 0 Å². The molecule has 3 heterocycles. The maximum atomic E-state index is 13.2. The topological polar surface area (TPSA) is 114 Å². The van der Waals surface area contributed by atoms with Crippen LogP contribution in [0.15, 0.2) is 47.8 Å². The average Bonchev–Trinajstić information content (AvgIpc) is 2.61. The maximum Gasteiger partial charge on any atom is 0.222 e. The van der Waals surface area contributed by atoms with Crippen LogP contribution < -0.4 is 10.6 Å². The molecule has 0 spiro atoms. The number of carbonyl (C=O) groups excluding carboxylic acids is 1. The first-order chi connectivity index (χ1) is 13.6. The molecule has 3 aromatic heterocycles. The van der Waals surface area contributed by atoms with E-state index in [2.05, 4.69) is 25.6 Å². The number of hydrogen-bond acceptors (Lipinski definition) is 7. The lowest BCUT2D eigenvalue weighted by Crippen LogP contribution is -2.09. The molecule has 0 saturated carbocycles. The van der Waals surface area contributed by atoms with Crippen molar-refractivity contribution in [2.45, 2.75) is 18.9 Å². The Morgan fingerprint density at radius 2 is 1.83 bits per heavy atom. The van der Waals surface area contributed by atoms with E-state index in [9.17, 15) is 17.6 Å². The SMILES string of the molecule is CC(=O)Nc1cc(Nc2cc(C)cc(S(C)(=O)=O)n2)c(-c2ccc(F)cn2)cn1. The molecule has 0 fully saturated rings. The largest absolute Gasteiger partial charge is 0.339 e. The molecule has 10 heteroatoms. The minimum absolute atomic E-state index is 0.0717. The van der Waals surface area contributed by atoms with Gasteiger partial charge in [-0.3, -0.25) is 9.78 Å². The zero-order valence-electron chi connectivity index (χ0n) is 15.9. The summed E-state index contributed by atoms with van der Waals surface area (Å²) in [6.07, 6.45) is 3.63. The molecule has 3 aromatic rings. The monoisotopic (exact) mass is 415 g/mol. The van der Waals surface area contributed by atoms with Gasteiger partial charge in [-0.05, 0) is 36.8 Å². The fourth-order valence-corrected chi connectivity index (χ4v) is 3.24. The molecule has 2 N–H and O–H groups in total. The molecular formula is C19H18FN5O3S. The van der Waals surface area contributed by atoms with Crippen LogP contribution in [0.4, 0.5) is 21.7 Å². The van der Waals surface area contributed by atoms with Crippen LogP contribution in [0.1, 0.15) is 12.5 Å².